The average Bonchev–Trinajstić information content (AvgIpc) is 3.56. The molecule has 32 heavy (non-hydrogen) atoms. The molecule has 1 saturated carbocycles. The number of aromatic nitrogens is 2. The highest BCUT2D eigenvalue weighted by Crippen LogP contribution is 2.37. The van der Waals surface area contributed by atoms with Crippen LogP contribution < -0.4 is 10.1 Å². The van der Waals surface area contributed by atoms with Gasteiger partial charge in [-0.1, -0.05) is 12.1 Å². The zero-order chi connectivity index (χ0) is 22.3. The van der Waals surface area contributed by atoms with E-state index < -0.39 is 0 Å². The quantitative estimate of drug-likeness (QED) is 0.772. The normalized spacial score (nSPS) is 19.5. The molecule has 2 aromatic rings. The number of ether oxygens (including phenoxy) is 2. The van der Waals surface area contributed by atoms with Gasteiger partial charge < -0.3 is 19.7 Å². The van der Waals surface area contributed by atoms with Crippen molar-refractivity contribution in [1.82, 2.24) is 20.0 Å². The Kier molecular flexibility index (Phi) is 5.41. The molecule has 1 aromatic heterocycles. The first-order valence-corrected chi connectivity index (χ1v) is 11.4. The van der Waals surface area contributed by atoms with Crippen LogP contribution in [0, 0.1) is 0 Å². The van der Waals surface area contributed by atoms with Gasteiger partial charge in [-0.2, -0.15) is 5.10 Å². The van der Waals surface area contributed by atoms with E-state index in [4.69, 9.17) is 9.47 Å². The zero-order valence-corrected chi connectivity index (χ0v) is 18.7. The fraction of sp³-hybridized carbons (Fsp3) is 0.542. The van der Waals surface area contributed by atoms with Crippen molar-refractivity contribution >= 4 is 11.8 Å². The summed E-state index contributed by atoms with van der Waals surface area (Å²) in [6.07, 6.45) is 4.76. The second-order valence-electron chi connectivity index (χ2n) is 9.20. The molecule has 1 spiro atoms. The molecule has 0 unspecified atom stereocenters. The van der Waals surface area contributed by atoms with Crippen molar-refractivity contribution in [3.8, 4) is 5.75 Å². The van der Waals surface area contributed by atoms with Crippen molar-refractivity contribution < 1.29 is 19.1 Å². The van der Waals surface area contributed by atoms with Gasteiger partial charge in [-0.05, 0) is 43.4 Å². The third-order valence-electron chi connectivity index (χ3n) is 6.93. The Balaban J connectivity index is 1.22. The summed E-state index contributed by atoms with van der Waals surface area (Å²) in [4.78, 5) is 27.3. The van der Waals surface area contributed by atoms with Crippen LogP contribution in [-0.4, -0.2) is 58.3 Å². The summed E-state index contributed by atoms with van der Waals surface area (Å²) in [5.74, 6) is 0.798. The molecule has 2 amide bonds. The summed E-state index contributed by atoms with van der Waals surface area (Å²) in [6.45, 7) is 1.74. The highest BCUT2D eigenvalue weighted by Gasteiger charge is 2.42. The largest absolute Gasteiger partial charge is 0.497 e. The van der Waals surface area contributed by atoms with Gasteiger partial charge in [-0.25, -0.2) is 0 Å². The van der Waals surface area contributed by atoms with Crippen molar-refractivity contribution in [2.75, 3.05) is 20.2 Å². The maximum atomic E-state index is 12.8. The first-order chi connectivity index (χ1) is 15.5. The second kappa shape index (κ2) is 8.24. The van der Waals surface area contributed by atoms with Crippen LogP contribution >= 0.6 is 0 Å². The predicted octanol–water partition coefficient (Wildman–Crippen LogP) is 2.00. The SMILES string of the molecule is COc1cccc(CC(=O)N2CCC3(CC2)Cc2c(c(C(=O)NC4CC4)nn2C)CO3)c1. The van der Waals surface area contributed by atoms with Crippen LogP contribution in [0.2, 0.25) is 0 Å². The number of carbonyl (C=O) groups excluding carboxylic acids is 2. The lowest BCUT2D eigenvalue weighted by Gasteiger charge is -2.44. The Morgan fingerprint density at radius 3 is 2.78 bits per heavy atom. The number of nitrogens with one attached hydrogen (secondary N) is 1. The van der Waals surface area contributed by atoms with Crippen LogP contribution in [-0.2, 0) is 36.0 Å². The van der Waals surface area contributed by atoms with E-state index in [1.54, 1.807) is 7.11 Å². The van der Waals surface area contributed by atoms with Crippen molar-refractivity contribution in [3.05, 3.63) is 46.8 Å². The number of amides is 2. The van der Waals surface area contributed by atoms with E-state index in [0.717, 1.165) is 54.7 Å². The summed E-state index contributed by atoms with van der Waals surface area (Å²) in [6, 6.07) is 7.96. The Bertz CT molecular complexity index is 1030. The van der Waals surface area contributed by atoms with E-state index in [1.807, 2.05) is 40.9 Å². The third kappa shape index (κ3) is 4.11. The molecule has 1 aromatic carbocycles. The molecular formula is C24H30N4O4. The topological polar surface area (TPSA) is 85.7 Å². The predicted molar refractivity (Wildman–Crippen MR) is 117 cm³/mol. The van der Waals surface area contributed by atoms with Gasteiger partial charge in [0.15, 0.2) is 5.69 Å². The second-order valence-corrected chi connectivity index (χ2v) is 9.20. The minimum atomic E-state index is -0.294. The van der Waals surface area contributed by atoms with Gasteiger partial charge >= 0.3 is 0 Å². The molecule has 0 radical (unpaired) electrons. The van der Waals surface area contributed by atoms with E-state index >= 15 is 0 Å². The van der Waals surface area contributed by atoms with Gasteiger partial charge in [0.25, 0.3) is 5.91 Å². The van der Waals surface area contributed by atoms with Crippen molar-refractivity contribution in [2.45, 2.75) is 56.8 Å². The summed E-state index contributed by atoms with van der Waals surface area (Å²) >= 11 is 0. The van der Waals surface area contributed by atoms with E-state index in [9.17, 15) is 9.59 Å². The van der Waals surface area contributed by atoms with E-state index in [-0.39, 0.29) is 17.4 Å². The molecule has 2 aliphatic heterocycles. The smallest absolute Gasteiger partial charge is 0.272 e. The maximum absolute atomic E-state index is 12.8. The number of rotatable bonds is 5. The standard InChI is InChI=1S/C24H30N4O4/c1-27-20-14-24(32-15-19(20)22(26-27)23(30)25-17-6-7-17)8-10-28(11-9-24)21(29)13-16-4-3-5-18(12-16)31-2/h3-5,12,17H,6-11,13-15H2,1-2H3,(H,25,30). The number of methoxy groups -OCH3 is 1. The molecule has 1 aliphatic carbocycles. The van der Waals surface area contributed by atoms with Crippen LogP contribution in [0.25, 0.3) is 0 Å². The molecule has 5 rings (SSSR count). The summed E-state index contributed by atoms with van der Waals surface area (Å²) in [5.41, 5.74) is 3.15. The lowest BCUT2D eigenvalue weighted by Crippen LogP contribution is -2.51. The van der Waals surface area contributed by atoms with Crippen molar-refractivity contribution in [3.63, 3.8) is 0 Å². The van der Waals surface area contributed by atoms with Gasteiger partial charge in [0.1, 0.15) is 5.75 Å². The van der Waals surface area contributed by atoms with Crippen molar-refractivity contribution in [1.29, 1.82) is 0 Å². The van der Waals surface area contributed by atoms with Crippen LogP contribution in [0.3, 0.4) is 0 Å². The average molecular weight is 439 g/mol. The van der Waals surface area contributed by atoms with E-state index in [0.29, 0.717) is 37.9 Å². The molecule has 3 heterocycles. The minimum Gasteiger partial charge on any atom is -0.497 e. The van der Waals surface area contributed by atoms with Gasteiger partial charge in [0, 0.05) is 43.9 Å². The number of benzene rings is 1. The zero-order valence-electron chi connectivity index (χ0n) is 18.7. The number of hydrogen-bond acceptors (Lipinski definition) is 5. The summed E-state index contributed by atoms with van der Waals surface area (Å²) < 4.78 is 13.4. The van der Waals surface area contributed by atoms with Crippen LogP contribution in [0.1, 0.15) is 53.0 Å². The number of fused-ring (bicyclic) bond motifs is 1. The number of piperidine rings is 1. The molecule has 1 saturated heterocycles. The van der Waals surface area contributed by atoms with Gasteiger partial charge in [-0.15, -0.1) is 0 Å². The van der Waals surface area contributed by atoms with Crippen LogP contribution in [0.4, 0.5) is 0 Å². The van der Waals surface area contributed by atoms with Crippen LogP contribution in [0.5, 0.6) is 5.75 Å². The third-order valence-corrected chi connectivity index (χ3v) is 6.93. The van der Waals surface area contributed by atoms with E-state index in [2.05, 4.69) is 10.4 Å². The molecule has 8 nitrogen and oxygen atoms in total. The number of carbonyl (C=O) groups is 2. The fourth-order valence-electron chi connectivity index (χ4n) is 4.77. The fourth-order valence-corrected chi connectivity index (χ4v) is 4.77. The number of hydrogen-bond donors (Lipinski definition) is 1. The minimum absolute atomic E-state index is 0.0955. The highest BCUT2D eigenvalue weighted by molar-refractivity contribution is 5.94. The monoisotopic (exact) mass is 438 g/mol. The first kappa shape index (κ1) is 21.0. The van der Waals surface area contributed by atoms with Gasteiger partial charge in [0.2, 0.25) is 5.91 Å². The number of likely N-dealkylation sites (tertiary alicyclic amines) is 1. The summed E-state index contributed by atoms with van der Waals surface area (Å²) in [5, 5.41) is 7.53. The van der Waals surface area contributed by atoms with Gasteiger partial charge in [-0.3, -0.25) is 14.3 Å². The Morgan fingerprint density at radius 2 is 2.06 bits per heavy atom. The molecule has 3 aliphatic rings. The summed E-state index contributed by atoms with van der Waals surface area (Å²) in [7, 11) is 3.53. The molecule has 1 N–H and O–H groups in total. The first-order valence-electron chi connectivity index (χ1n) is 11.4. The maximum Gasteiger partial charge on any atom is 0.272 e. The Labute approximate surface area is 187 Å². The Hall–Kier alpha value is -2.87. The molecule has 0 atom stereocenters. The van der Waals surface area contributed by atoms with Crippen molar-refractivity contribution in [2.24, 2.45) is 7.05 Å². The molecular weight excluding hydrogens is 408 g/mol. The number of nitrogens with zero attached hydrogens (tertiary/aromatic N) is 3. The molecule has 0 bridgehead atoms. The highest BCUT2D eigenvalue weighted by atomic mass is 16.5. The number of aryl methyl sites for hydroxylation is 1. The molecule has 2 fully saturated rings. The van der Waals surface area contributed by atoms with Gasteiger partial charge in [0.05, 0.1) is 25.7 Å². The lowest BCUT2D eigenvalue weighted by atomic mass is 9.83. The van der Waals surface area contributed by atoms with E-state index in [1.165, 1.54) is 0 Å². The van der Waals surface area contributed by atoms with Crippen LogP contribution in [0.15, 0.2) is 24.3 Å². The molecule has 8 heteroatoms. The Morgan fingerprint density at radius 1 is 1.28 bits per heavy atom. The lowest BCUT2D eigenvalue weighted by molar-refractivity contribution is -0.140. The molecule has 170 valence electrons.